The zero-order chi connectivity index (χ0) is 20.6. The largest absolute Gasteiger partial charge is 0.369 e. The highest BCUT2D eigenvalue weighted by atomic mass is 79.9. The van der Waals surface area contributed by atoms with E-state index in [9.17, 15) is 0 Å². The van der Waals surface area contributed by atoms with Crippen molar-refractivity contribution in [1.82, 2.24) is 0 Å². The number of guanidine groups is 1. The predicted octanol–water partition coefficient (Wildman–Crippen LogP) is 7.52. The maximum atomic E-state index is 8.53. The molecule has 4 aromatic carbocycles. The topological polar surface area (TPSA) is 53.1 Å². The molecule has 0 aromatic heterocycles. The Morgan fingerprint density at radius 2 is 1.20 bits per heavy atom. The summed E-state index contributed by atoms with van der Waals surface area (Å²) in [6.45, 7) is 0. The Labute approximate surface area is 190 Å². The second kappa shape index (κ2) is 6.30. The first-order valence-electron chi connectivity index (χ1n) is 9.55. The lowest BCUT2D eigenvalue weighted by Crippen LogP contribution is -2.34. The van der Waals surface area contributed by atoms with Crippen molar-refractivity contribution in [3.05, 3.63) is 79.7 Å². The van der Waals surface area contributed by atoms with E-state index in [0.29, 0.717) is 0 Å². The number of rotatable bonds is 2. The average molecular weight is 517 g/mol. The molecule has 0 spiro atoms. The van der Waals surface area contributed by atoms with Crippen LogP contribution in [0.15, 0.2) is 57.5 Å². The molecular formula is C25H15Br2N3. The van der Waals surface area contributed by atoms with E-state index in [2.05, 4.69) is 105 Å². The molecule has 0 amide bonds. The van der Waals surface area contributed by atoms with Crippen LogP contribution in [0.3, 0.4) is 0 Å². The van der Waals surface area contributed by atoms with Gasteiger partial charge >= 0.3 is 0 Å². The van der Waals surface area contributed by atoms with Crippen molar-refractivity contribution in [3.8, 4) is 0 Å². The Morgan fingerprint density at radius 1 is 0.733 bits per heavy atom. The van der Waals surface area contributed by atoms with E-state index in [1.165, 1.54) is 21.9 Å². The first-order chi connectivity index (χ1) is 14.5. The molecule has 0 bridgehead atoms. The standard InChI is InChI=1S/C25H15Br2N3/c26-19-11-15-5-1-3-13-7-9-17(21(13)15)23(19)30(25(28)29)24-18-10-8-14-4-2-6-16(22(14)18)12-20(24)27/h1-12H,(H3,28,29). The maximum absolute atomic E-state index is 8.53. The van der Waals surface area contributed by atoms with Crippen LogP contribution < -0.4 is 10.6 Å². The van der Waals surface area contributed by atoms with Gasteiger partial charge in [0.2, 0.25) is 0 Å². The van der Waals surface area contributed by atoms with Crippen molar-refractivity contribution in [2.45, 2.75) is 0 Å². The molecule has 2 aliphatic carbocycles. The molecule has 0 radical (unpaired) electrons. The summed E-state index contributed by atoms with van der Waals surface area (Å²) in [4.78, 5) is 1.84. The molecule has 6 rings (SSSR count). The van der Waals surface area contributed by atoms with Gasteiger partial charge in [0.05, 0.1) is 11.4 Å². The van der Waals surface area contributed by atoms with Gasteiger partial charge < -0.3 is 5.73 Å². The third-order valence-electron chi connectivity index (χ3n) is 5.87. The molecule has 0 heterocycles. The zero-order valence-corrected chi connectivity index (χ0v) is 18.9. The number of benzene rings is 4. The second-order valence-corrected chi connectivity index (χ2v) is 9.23. The molecule has 0 aliphatic heterocycles. The van der Waals surface area contributed by atoms with Crippen LogP contribution in [0, 0.1) is 5.41 Å². The van der Waals surface area contributed by atoms with Crippen molar-refractivity contribution in [2.75, 3.05) is 4.90 Å². The molecule has 0 atom stereocenters. The SMILES string of the molecule is N=C(N)N(c1c(Br)cc2cccc3c2c1C=C3)c1c(Br)cc2cccc3c2c1C=C3. The molecule has 3 nitrogen and oxygen atoms in total. The second-order valence-electron chi connectivity index (χ2n) is 7.52. The molecule has 4 aromatic rings. The number of hydrogen-bond acceptors (Lipinski definition) is 1. The van der Waals surface area contributed by atoms with Gasteiger partial charge in [-0.3, -0.25) is 10.3 Å². The Bertz CT molecular complexity index is 1390. The van der Waals surface area contributed by atoms with Crippen LogP contribution in [-0.2, 0) is 0 Å². The molecule has 3 N–H and O–H groups in total. The summed E-state index contributed by atoms with van der Waals surface area (Å²) in [5.41, 5.74) is 12.5. The van der Waals surface area contributed by atoms with Crippen molar-refractivity contribution < 1.29 is 0 Å². The average Bonchev–Trinajstić information content (AvgIpc) is 3.33. The minimum Gasteiger partial charge on any atom is -0.369 e. The first kappa shape index (κ1) is 17.9. The number of halogens is 2. The predicted molar refractivity (Wildman–Crippen MR) is 135 cm³/mol. The van der Waals surface area contributed by atoms with E-state index in [0.717, 1.165) is 42.2 Å². The number of nitrogens with one attached hydrogen (secondary N) is 1. The summed E-state index contributed by atoms with van der Waals surface area (Å²) in [6.07, 6.45) is 8.48. The van der Waals surface area contributed by atoms with Gasteiger partial charge in [-0.1, -0.05) is 60.7 Å². The van der Waals surface area contributed by atoms with Crippen LogP contribution in [0.1, 0.15) is 22.3 Å². The van der Waals surface area contributed by atoms with Gasteiger partial charge in [-0.2, -0.15) is 0 Å². The summed E-state index contributed by atoms with van der Waals surface area (Å²) in [7, 11) is 0. The van der Waals surface area contributed by atoms with Crippen molar-refractivity contribution in [1.29, 1.82) is 5.41 Å². The van der Waals surface area contributed by atoms with E-state index < -0.39 is 0 Å². The molecule has 30 heavy (non-hydrogen) atoms. The first-order valence-corrected chi connectivity index (χ1v) is 11.1. The van der Waals surface area contributed by atoms with Crippen molar-refractivity contribution in [2.24, 2.45) is 5.73 Å². The molecular weight excluding hydrogens is 502 g/mol. The third-order valence-corrected chi connectivity index (χ3v) is 7.08. The summed E-state index contributed by atoms with van der Waals surface area (Å²) in [6, 6.07) is 16.8. The third kappa shape index (κ3) is 2.33. The zero-order valence-electron chi connectivity index (χ0n) is 15.7. The van der Waals surface area contributed by atoms with Gasteiger partial charge in [0.1, 0.15) is 0 Å². The van der Waals surface area contributed by atoms with Gasteiger partial charge in [-0.15, -0.1) is 0 Å². The fourth-order valence-corrected chi connectivity index (χ4v) is 5.97. The van der Waals surface area contributed by atoms with E-state index in [4.69, 9.17) is 11.1 Å². The molecule has 5 heteroatoms. The molecule has 0 saturated carbocycles. The molecule has 2 aliphatic rings. The molecule has 0 unspecified atom stereocenters. The van der Waals surface area contributed by atoms with Crippen LogP contribution in [0.5, 0.6) is 0 Å². The van der Waals surface area contributed by atoms with Crippen LogP contribution in [0.2, 0.25) is 0 Å². The highest BCUT2D eigenvalue weighted by Crippen LogP contribution is 2.49. The minimum absolute atomic E-state index is 0.0295. The lowest BCUT2D eigenvalue weighted by Gasteiger charge is -2.29. The quantitative estimate of drug-likeness (QED) is 0.185. The van der Waals surface area contributed by atoms with E-state index in [1.54, 1.807) is 0 Å². The van der Waals surface area contributed by atoms with Gasteiger partial charge in [-0.05, 0) is 76.7 Å². The van der Waals surface area contributed by atoms with Gasteiger partial charge in [0, 0.05) is 20.1 Å². The van der Waals surface area contributed by atoms with Gasteiger partial charge in [-0.25, -0.2) is 0 Å². The maximum Gasteiger partial charge on any atom is 0.197 e. The lowest BCUT2D eigenvalue weighted by molar-refractivity contribution is 1.24. The Kier molecular flexibility index (Phi) is 3.77. The van der Waals surface area contributed by atoms with E-state index >= 15 is 0 Å². The number of anilines is 2. The Hall–Kier alpha value is -2.89. The minimum atomic E-state index is -0.0295. The highest BCUT2D eigenvalue weighted by molar-refractivity contribution is 9.11. The summed E-state index contributed by atoms with van der Waals surface area (Å²) in [5.74, 6) is -0.0295. The van der Waals surface area contributed by atoms with Crippen LogP contribution in [-0.4, -0.2) is 5.96 Å². The summed E-state index contributed by atoms with van der Waals surface area (Å²) in [5, 5.41) is 13.2. The Balaban J connectivity index is 1.72. The van der Waals surface area contributed by atoms with Crippen LogP contribution >= 0.6 is 31.9 Å². The normalized spacial score (nSPS) is 13.0. The van der Waals surface area contributed by atoms with E-state index in [1.807, 2.05) is 4.90 Å². The molecule has 0 fully saturated rings. The number of nitrogens with zero attached hydrogens (tertiary/aromatic N) is 1. The Morgan fingerprint density at radius 3 is 1.63 bits per heavy atom. The van der Waals surface area contributed by atoms with Crippen LogP contribution in [0.25, 0.3) is 45.8 Å². The van der Waals surface area contributed by atoms with E-state index in [-0.39, 0.29) is 5.96 Å². The summed E-state index contributed by atoms with van der Waals surface area (Å²) < 4.78 is 1.80. The highest BCUT2D eigenvalue weighted by Gasteiger charge is 2.28. The fraction of sp³-hybridized carbons (Fsp3) is 0. The number of nitrogens with two attached hydrogens (primary N) is 1. The number of hydrogen-bond donors (Lipinski definition) is 2. The van der Waals surface area contributed by atoms with Crippen molar-refractivity contribution >= 4 is 95.0 Å². The smallest absolute Gasteiger partial charge is 0.197 e. The fourth-order valence-electron chi connectivity index (χ4n) is 4.70. The van der Waals surface area contributed by atoms with Crippen LogP contribution in [0.4, 0.5) is 11.4 Å². The molecule has 144 valence electrons. The lowest BCUT2D eigenvalue weighted by atomic mass is 9.99. The molecule has 0 saturated heterocycles. The summed E-state index contributed by atoms with van der Waals surface area (Å²) >= 11 is 7.54. The van der Waals surface area contributed by atoms with Gasteiger partial charge in [0.15, 0.2) is 5.96 Å². The monoisotopic (exact) mass is 515 g/mol. The van der Waals surface area contributed by atoms with Crippen molar-refractivity contribution in [3.63, 3.8) is 0 Å². The van der Waals surface area contributed by atoms with Gasteiger partial charge in [0.25, 0.3) is 0 Å².